The van der Waals surface area contributed by atoms with Gasteiger partial charge >= 0.3 is 0 Å². The van der Waals surface area contributed by atoms with Gasteiger partial charge in [-0.05, 0) is 31.7 Å². The highest BCUT2D eigenvalue weighted by Crippen LogP contribution is 2.31. The quantitative estimate of drug-likeness (QED) is 0.597. The molecular formula is C8H17NO. The van der Waals surface area contributed by atoms with Gasteiger partial charge in [-0.2, -0.15) is 0 Å². The minimum Gasteiger partial charge on any atom is -0.378 e. The van der Waals surface area contributed by atoms with Gasteiger partial charge < -0.3 is 10.5 Å². The Hall–Kier alpha value is -0.0800. The van der Waals surface area contributed by atoms with E-state index in [0.29, 0.717) is 11.5 Å². The van der Waals surface area contributed by atoms with E-state index in [9.17, 15) is 0 Å². The van der Waals surface area contributed by atoms with Crippen LogP contribution in [0.1, 0.15) is 26.7 Å². The summed E-state index contributed by atoms with van der Waals surface area (Å²) >= 11 is 0. The molecule has 0 bridgehead atoms. The van der Waals surface area contributed by atoms with Gasteiger partial charge in [0.1, 0.15) is 0 Å². The molecule has 1 saturated heterocycles. The summed E-state index contributed by atoms with van der Waals surface area (Å²) in [4.78, 5) is 0. The molecule has 0 aliphatic carbocycles. The minimum atomic E-state index is 0.345. The molecule has 1 aliphatic rings. The first-order valence-corrected chi connectivity index (χ1v) is 3.98. The fraction of sp³-hybridized carbons (Fsp3) is 1.00. The van der Waals surface area contributed by atoms with Crippen LogP contribution in [-0.2, 0) is 4.74 Å². The SMILES string of the molecule is C[C@H]1C[C@](C)(CN)CCO1. The van der Waals surface area contributed by atoms with Crippen LogP contribution in [0.3, 0.4) is 0 Å². The van der Waals surface area contributed by atoms with Crippen LogP contribution >= 0.6 is 0 Å². The Balaban J connectivity index is 2.45. The molecule has 10 heavy (non-hydrogen) atoms. The Morgan fingerprint density at radius 3 is 2.80 bits per heavy atom. The van der Waals surface area contributed by atoms with Gasteiger partial charge in [0.25, 0.3) is 0 Å². The molecular weight excluding hydrogens is 126 g/mol. The Bertz CT molecular complexity index is 116. The first kappa shape index (κ1) is 8.02. The van der Waals surface area contributed by atoms with Gasteiger partial charge in [-0.1, -0.05) is 6.92 Å². The molecule has 2 nitrogen and oxygen atoms in total. The second-order valence-electron chi connectivity index (χ2n) is 3.65. The first-order valence-electron chi connectivity index (χ1n) is 3.98. The molecule has 1 aliphatic heterocycles. The molecule has 0 radical (unpaired) electrons. The van der Waals surface area contributed by atoms with Gasteiger partial charge in [0.2, 0.25) is 0 Å². The second-order valence-corrected chi connectivity index (χ2v) is 3.65. The Kier molecular flexibility index (Phi) is 2.32. The van der Waals surface area contributed by atoms with Crippen LogP contribution in [0, 0.1) is 5.41 Å². The van der Waals surface area contributed by atoms with E-state index in [0.717, 1.165) is 26.0 Å². The number of hydrogen-bond acceptors (Lipinski definition) is 2. The molecule has 60 valence electrons. The third-order valence-electron chi connectivity index (χ3n) is 2.38. The van der Waals surface area contributed by atoms with Gasteiger partial charge in [0.15, 0.2) is 0 Å². The van der Waals surface area contributed by atoms with Gasteiger partial charge in [-0.25, -0.2) is 0 Å². The molecule has 0 aromatic carbocycles. The van der Waals surface area contributed by atoms with E-state index in [4.69, 9.17) is 10.5 Å². The predicted molar refractivity (Wildman–Crippen MR) is 41.8 cm³/mol. The summed E-state index contributed by atoms with van der Waals surface area (Å²) < 4.78 is 5.42. The largest absolute Gasteiger partial charge is 0.378 e. The predicted octanol–water partition coefficient (Wildman–Crippen LogP) is 1.15. The lowest BCUT2D eigenvalue weighted by Gasteiger charge is -2.35. The third kappa shape index (κ3) is 1.70. The van der Waals surface area contributed by atoms with E-state index in [2.05, 4.69) is 13.8 Å². The van der Waals surface area contributed by atoms with Crippen LogP contribution in [0.2, 0.25) is 0 Å². The van der Waals surface area contributed by atoms with Crippen molar-refractivity contribution in [2.75, 3.05) is 13.2 Å². The Morgan fingerprint density at radius 1 is 1.70 bits per heavy atom. The van der Waals surface area contributed by atoms with Crippen molar-refractivity contribution < 1.29 is 4.74 Å². The van der Waals surface area contributed by atoms with Gasteiger partial charge in [-0.15, -0.1) is 0 Å². The van der Waals surface area contributed by atoms with Crippen molar-refractivity contribution in [3.8, 4) is 0 Å². The Labute approximate surface area is 62.7 Å². The maximum atomic E-state index is 5.64. The van der Waals surface area contributed by atoms with Crippen LogP contribution in [0.5, 0.6) is 0 Å². The molecule has 2 N–H and O–H groups in total. The standard InChI is InChI=1S/C8H17NO/c1-7-5-8(2,6-9)3-4-10-7/h7H,3-6,9H2,1-2H3/t7-,8+/m0/s1. The van der Waals surface area contributed by atoms with Crippen molar-refractivity contribution >= 4 is 0 Å². The lowest BCUT2D eigenvalue weighted by atomic mass is 9.80. The molecule has 2 atom stereocenters. The van der Waals surface area contributed by atoms with Crippen molar-refractivity contribution in [3.63, 3.8) is 0 Å². The third-order valence-corrected chi connectivity index (χ3v) is 2.38. The monoisotopic (exact) mass is 143 g/mol. The molecule has 1 heterocycles. The maximum absolute atomic E-state index is 5.64. The van der Waals surface area contributed by atoms with E-state index < -0.39 is 0 Å². The number of rotatable bonds is 1. The molecule has 0 amide bonds. The summed E-state index contributed by atoms with van der Waals surface area (Å²) in [6.45, 7) is 6.04. The summed E-state index contributed by atoms with van der Waals surface area (Å²) in [7, 11) is 0. The van der Waals surface area contributed by atoms with Crippen molar-refractivity contribution in [2.24, 2.45) is 11.1 Å². The molecule has 0 saturated carbocycles. The van der Waals surface area contributed by atoms with E-state index in [1.54, 1.807) is 0 Å². The second kappa shape index (κ2) is 2.89. The lowest BCUT2D eigenvalue weighted by Crippen LogP contribution is -2.37. The Morgan fingerprint density at radius 2 is 2.40 bits per heavy atom. The van der Waals surface area contributed by atoms with Crippen molar-refractivity contribution in [3.05, 3.63) is 0 Å². The average Bonchev–Trinajstić information content (AvgIpc) is 1.88. The zero-order valence-electron chi connectivity index (χ0n) is 6.89. The van der Waals surface area contributed by atoms with Crippen molar-refractivity contribution in [2.45, 2.75) is 32.8 Å². The van der Waals surface area contributed by atoms with Gasteiger partial charge in [-0.3, -0.25) is 0 Å². The highest BCUT2D eigenvalue weighted by molar-refractivity contribution is 4.80. The van der Waals surface area contributed by atoms with Crippen LogP contribution < -0.4 is 5.73 Å². The minimum absolute atomic E-state index is 0.345. The van der Waals surface area contributed by atoms with E-state index in [1.807, 2.05) is 0 Å². The van der Waals surface area contributed by atoms with Crippen LogP contribution in [0.25, 0.3) is 0 Å². The number of nitrogens with two attached hydrogens (primary N) is 1. The van der Waals surface area contributed by atoms with Crippen LogP contribution in [-0.4, -0.2) is 19.3 Å². The zero-order chi connectivity index (χ0) is 7.61. The normalized spacial score (nSPS) is 41.7. The maximum Gasteiger partial charge on any atom is 0.0552 e. The summed E-state index contributed by atoms with van der Waals surface area (Å²) in [5, 5.41) is 0. The van der Waals surface area contributed by atoms with Crippen LogP contribution in [0.4, 0.5) is 0 Å². The summed E-state index contributed by atoms with van der Waals surface area (Å²) in [5.41, 5.74) is 5.99. The molecule has 0 aromatic heterocycles. The first-order chi connectivity index (χ1) is 4.66. The lowest BCUT2D eigenvalue weighted by molar-refractivity contribution is -0.0286. The van der Waals surface area contributed by atoms with Crippen molar-refractivity contribution in [1.82, 2.24) is 0 Å². The number of ether oxygens (including phenoxy) is 1. The number of hydrogen-bond donors (Lipinski definition) is 1. The smallest absolute Gasteiger partial charge is 0.0552 e. The van der Waals surface area contributed by atoms with Gasteiger partial charge in [0, 0.05) is 6.61 Å². The molecule has 2 heteroatoms. The summed E-state index contributed by atoms with van der Waals surface area (Å²) in [6, 6.07) is 0. The van der Waals surface area contributed by atoms with E-state index >= 15 is 0 Å². The molecule has 0 spiro atoms. The molecule has 0 aromatic rings. The summed E-state index contributed by atoms with van der Waals surface area (Å²) in [6.07, 6.45) is 2.64. The van der Waals surface area contributed by atoms with E-state index in [-0.39, 0.29) is 0 Å². The average molecular weight is 143 g/mol. The van der Waals surface area contributed by atoms with Crippen molar-refractivity contribution in [1.29, 1.82) is 0 Å². The fourth-order valence-electron chi connectivity index (χ4n) is 1.55. The van der Waals surface area contributed by atoms with Crippen LogP contribution in [0.15, 0.2) is 0 Å². The molecule has 1 fully saturated rings. The highest BCUT2D eigenvalue weighted by Gasteiger charge is 2.29. The topological polar surface area (TPSA) is 35.2 Å². The summed E-state index contributed by atoms with van der Waals surface area (Å²) in [5.74, 6) is 0. The van der Waals surface area contributed by atoms with Gasteiger partial charge in [0.05, 0.1) is 6.10 Å². The molecule has 0 unspecified atom stereocenters. The highest BCUT2D eigenvalue weighted by atomic mass is 16.5. The van der Waals surface area contributed by atoms with E-state index in [1.165, 1.54) is 0 Å². The fourth-order valence-corrected chi connectivity index (χ4v) is 1.55. The molecule has 1 rings (SSSR count). The zero-order valence-corrected chi connectivity index (χ0v) is 6.89.